The zero-order valence-corrected chi connectivity index (χ0v) is 19.8. The van der Waals surface area contributed by atoms with Crippen LogP contribution in [0, 0.1) is 5.41 Å². The predicted octanol–water partition coefficient (Wildman–Crippen LogP) is 9.48. The average molecular weight is 383 g/mol. The minimum Gasteiger partial charge on any atom is -0.381 e. The molecule has 1 nitrogen and oxygen atoms in total. The first kappa shape index (κ1) is 27.0. The highest BCUT2D eigenvalue weighted by Gasteiger charge is 2.22. The van der Waals surface area contributed by atoms with Gasteiger partial charge in [-0.1, -0.05) is 130 Å². The molecule has 0 aromatic carbocycles. The van der Waals surface area contributed by atoms with Crippen molar-refractivity contribution in [1.82, 2.24) is 0 Å². The van der Waals surface area contributed by atoms with Gasteiger partial charge >= 0.3 is 0 Å². The first-order chi connectivity index (χ1) is 13.2. The molecular weight excluding hydrogens is 328 g/mol. The van der Waals surface area contributed by atoms with Crippen LogP contribution in [-0.4, -0.2) is 13.2 Å². The molecular formula is C26H54O. The normalized spacial score (nSPS) is 12.0. The second-order valence-electron chi connectivity index (χ2n) is 8.87. The third-order valence-corrected chi connectivity index (χ3v) is 6.89. The van der Waals surface area contributed by atoms with Crippen LogP contribution < -0.4 is 0 Å². The lowest BCUT2D eigenvalue weighted by Gasteiger charge is -2.30. The number of unbranched alkanes of at least 4 members (excludes halogenated alkanes) is 13. The molecule has 0 fully saturated rings. The minimum atomic E-state index is 0.645. The van der Waals surface area contributed by atoms with E-state index in [-0.39, 0.29) is 0 Å². The maximum Gasteiger partial charge on any atom is 0.0466 e. The van der Waals surface area contributed by atoms with Gasteiger partial charge in [-0.25, -0.2) is 0 Å². The van der Waals surface area contributed by atoms with Crippen LogP contribution in [0.2, 0.25) is 0 Å². The average Bonchev–Trinajstić information content (AvgIpc) is 2.70. The van der Waals surface area contributed by atoms with E-state index in [1.807, 2.05) is 0 Å². The molecule has 0 N–H and O–H groups in total. The van der Waals surface area contributed by atoms with E-state index in [0.29, 0.717) is 5.41 Å². The van der Waals surface area contributed by atoms with Gasteiger partial charge in [0.2, 0.25) is 0 Å². The Balaban J connectivity index is 3.19. The highest BCUT2D eigenvalue weighted by atomic mass is 16.5. The summed E-state index contributed by atoms with van der Waals surface area (Å²) in [6.45, 7) is 11.4. The van der Waals surface area contributed by atoms with Gasteiger partial charge in [0.15, 0.2) is 0 Å². The van der Waals surface area contributed by atoms with Crippen molar-refractivity contribution in [2.24, 2.45) is 5.41 Å². The zero-order valence-electron chi connectivity index (χ0n) is 19.8. The molecule has 0 radical (unpaired) electrons. The Bertz CT molecular complexity index is 261. The number of hydrogen-bond donors (Lipinski definition) is 0. The molecule has 0 aliphatic heterocycles. The lowest BCUT2D eigenvalue weighted by atomic mass is 9.75. The second kappa shape index (κ2) is 20.7. The number of hydrogen-bond acceptors (Lipinski definition) is 1. The molecule has 0 unspecified atom stereocenters. The van der Waals surface area contributed by atoms with Gasteiger partial charge in [-0.2, -0.15) is 0 Å². The molecule has 0 bridgehead atoms. The fourth-order valence-electron chi connectivity index (χ4n) is 4.31. The van der Waals surface area contributed by atoms with Crippen LogP contribution in [0.5, 0.6) is 0 Å². The van der Waals surface area contributed by atoms with E-state index in [9.17, 15) is 0 Å². The summed E-state index contributed by atoms with van der Waals surface area (Å²) in [6, 6.07) is 0. The molecule has 0 amide bonds. The fourth-order valence-corrected chi connectivity index (χ4v) is 4.31. The first-order valence-corrected chi connectivity index (χ1v) is 12.8. The standard InChI is InChI=1S/C26H54O/c1-5-9-10-11-12-15-18-21-24-27-25-22-19-16-13-14-17-20-23-26(6-2,7-3)8-4/h5-25H2,1-4H3. The Kier molecular flexibility index (Phi) is 20.7. The molecule has 0 aromatic heterocycles. The van der Waals surface area contributed by atoms with Crippen molar-refractivity contribution in [3.8, 4) is 0 Å². The summed E-state index contributed by atoms with van der Waals surface area (Å²) in [5.74, 6) is 0. The van der Waals surface area contributed by atoms with Crippen LogP contribution in [0.4, 0.5) is 0 Å². The summed E-state index contributed by atoms with van der Waals surface area (Å²) in [6.07, 6.45) is 26.4. The van der Waals surface area contributed by atoms with Crippen molar-refractivity contribution < 1.29 is 4.74 Å². The van der Waals surface area contributed by atoms with Crippen molar-refractivity contribution in [2.75, 3.05) is 13.2 Å². The Labute approximate surface area is 173 Å². The highest BCUT2D eigenvalue weighted by molar-refractivity contribution is 4.74. The Morgan fingerprint density at radius 1 is 0.444 bits per heavy atom. The zero-order chi connectivity index (χ0) is 20.1. The fraction of sp³-hybridized carbons (Fsp3) is 1.00. The second-order valence-corrected chi connectivity index (χ2v) is 8.87. The molecule has 0 heterocycles. The van der Waals surface area contributed by atoms with Crippen LogP contribution in [0.3, 0.4) is 0 Å². The van der Waals surface area contributed by atoms with E-state index >= 15 is 0 Å². The predicted molar refractivity (Wildman–Crippen MR) is 124 cm³/mol. The molecule has 164 valence electrons. The quantitative estimate of drug-likeness (QED) is 0.169. The van der Waals surface area contributed by atoms with Gasteiger partial charge in [0.1, 0.15) is 0 Å². The van der Waals surface area contributed by atoms with Crippen molar-refractivity contribution >= 4 is 0 Å². The SMILES string of the molecule is CCCCCCCCCCOCCCCCCCCCC(CC)(CC)CC. The first-order valence-electron chi connectivity index (χ1n) is 12.8. The summed E-state index contributed by atoms with van der Waals surface area (Å²) < 4.78 is 5.80. The van der Waals surface area contributed by atoms with Gasteiger partial charge in [-0.3, -0.25) is 0 Å². The van der Waals surface area contributed by atoms with Gasteiger partial charge < -0.3 is 4.74 Å². The molecule has 0 atom stereocenters. The van der Waals surface area contributed by atoms with E-state index in [4.69, 9.17) is 4.74 Å². The van der Waals surface area contributed by atoms with Gasteiger partial charge in [-0.15, -0.1) is 0 Å². The van der Waals surface area contributed by atoms with E-state index in [2.05, 4.69) is 27.7 Å². The van der Waals surface area contributed by atoms with Crippen LogP contribution in [0.1, 0.15) is 150 Å². The molecule has 0 saturated carbocycles. The summed E-state index contributed by atoms with van der Waals surface area (Å²) in [7, 11) is 0. The lowest BCUT2D eigenvalue weighted by molar-refractivity contribution is 0.125. The topological polar surface area (TPSA) is 9.23 Å². The van der Waals surface area contributed by atoms with Gasteiger partial charge in [-0.05, 0) is 24.7 Å². The summed E-state index contributed by atoms with van der Waals surface area (Å²) >= 11 is 0. The highest BCUT2D eigenvalue weighted by Crippen LogP contribution is 2.36. The Morgan fingerprint density at radius 3 is 1.22 bits per heavy atom. The van der Waals surface area contributed by atoms with E-state index in [1.165, 1.54) is 122 Å². The largest absolute Gasteiger partial charge is 0.381 e. The van der Waals surface area contributed by atoms with Crippen LogP contribution in [0.15, 0.2) is 0 Å². The third kappa shape index (κ3) is 16.6. The van der Waals surface area contributed by atoms with Crippen molar-refractivity contribution in [3.05, 3.63) is 0 Å². The third-order valence-electron chi connectivity index (χ3n) is 6.89. The van der Waals surface area contributed by atoms with Gasteiger partial charge in [0, 0.05) is 13.2 Å². The van der Waals surface area contributed by atoms with E-state index < -0.39 is 0 Å². The molecule has 1 heteroatoms. The monoisotopic (exact) mass is 382 g/mol. The molecule has 0 aliphatic carbocycles. The van der Waals surface area contributed by atoms with Crippen LogP contribution >= 0.6 is 0 Å². The van der Waals surface area contributed by atoms with Crippen molar-refractivity contribution in [3.63, 3.8) is 0 Å². The lowest BCUT2D eigenvalue weighted by Crippen LogP contribution is -2.17. The Hall–Kier alpha value is -0.0400. The maximum absolute atomic E-state index is 5.80. The van der Waals surface area contributed by atoms with Crippen molar-refractivity contribution in [1.29, 1.82) is 0 Å². The Morgan fingerprint density at radius 2 is 0.815 bits per heavy atom. The molecule has 0 aromatic rings. The smallest absolute Gasteiger partial charge is 0.0466 e. The van der Waals surface area contributed by atoms with E-state index in [1.54, 1.807) is 0 Å². The van der Waals surface area contributed by atoms with E-state index in [0.717, 1.165) is 13.2 Å². The number of ether oxygens (including phenoxy) is 1. The van der Waals surface area contributed by atoms with Crippen LogP contribution in [-0.2, 0) is 4.74 Å². The minimum absolute atomic E-state index is 0.645. The molecule has 0 saturated heterocycles. The van der Waals surface area contributed by atoms with Gasteiger partial charge in [0.25, 0.3) is 0 Å². The molecule has 0 aliphatic rings. The maximum atomic E-state index is 5.80. The van der Waals surface area contributed by atoms with Crippen LogP contribution in [0.25, 0.3) is 0 Å². The summed E-state index contributed by atoms with van der Waals surface area (Å²) in [5, 5.41) is 0. The van der Waals surface area contributed by atoms with Gasteiger partial charge in [0.05, 0.1) is 0 Å². The summed E-state index contributed by atoms with van der Waals surface area (Å²) in [5.41, 5.74) is 0.645. The molecule has 27 heavy (non-hydrogen) atoms. The molecule has 0 rings (SSSR count). The van der Waals surface area contributed by atoms with Crippen molar-refractivity contribution in [2.45, 2.75) is 150 Å². The molecule has 0 spiro atoms. The summed E-state index contributed by atoms with van der Waals surface area (Å²) in [4.78, 5) is 0. The number of rotatable bonds is 22.